The number of fused-ring (bicyclic) bond motifs is 1. The number of furan rings is 1. The molecule has 0 aliphatic carbocycles. The molecule has 1 heterocycles. The summed E-state index contributed by atoms with van der Waals surface area (Å²) in [6.07, 6.45) is 0. The second kappa shape index (κ2) is 4.93. The van der Waals surface area contributed by atoms with E-state index in [4.69, 9.17) is 21.8 Å². The van der Waals surface area contributed by atoms with Crippen molar-refractivity contribution in [3.63, 3.8) is 0 Å². The fraction of sp³-hybridized carbons (Fsp3) is 0.125. The lowest BCUT2D eigenvalue weighted by molar-refractivity contribution is 0.600. The zero-order valence-electron chi connectivity index (χ0n) is 10.9. The van der Waals surface area contributed by atoms with Crippen molar-refractivity contribution in [3.05, 3.63) is 58.9 Å². The van der Waals surface area contributed by atoms with Crippen molar-refractivity contribution in [1.82, 2.24) is 0 Å². The summed E-state index contributed by atoms with van der Waals surface area (Å²) in [6.45, 7) is 1.86. The van der Waals surface area contributed by atoms with Gasteiger partial charge in [0.25, 0.3) is 0 Å². The summed E-state index contributed by atoms with van der Waals surface area (Å²) in [5, 5.41) is 1.47. The molecular weight excluding hydrogens is 277 g/mol. The Hall–Kier alpha value is -1.84. The molecule has 3 rings (SSSR count). The molecule has 0 saturated heterocycles. The maximum atomic E-state index is 14.0. The largest absolute Gasteiger partial charge is 0.456 e. The van der Waals surface area contributed by atoms with Crippen molar-refractivity contribution in [2.45, 2.75) is 13.0 Å². The fourth-order valence-corrected chi connectivity index (χ4v) is 2.34. The van der Waals surface area contributed by atoms with Crippen LogP contribution in [-0.4, -0.2) is 0 Å². The van der Waals surface area contributed by atoms with Gasteiger partial charge in [-0.25, -0.2) is 4.39 Å². The van der Waals surface area contributed by atoms with E-state index in [9.17, 15) is 4.39 Å². The molecule has 20 heavy (non-hydrogen) atoms. The minimum atomic E-state index is -0.334. The van der Waals surface area contributed by atoms with Crippen molar-refractivity contribution in [1.29, 1.82) is 0 Å². The first-order valence-corrected chi connectivity index (χ1v) is 6.67. The molecule has 0 fully saturated rings. The van der Waals surface area contributed by atoms with Crippen LogP contribution in [0.25, 0.3) is 22.3 Å². The molecule has 2 aromatic carbocycles. The highest BCUT2D eigenvalue weighted by atomic mass is 35.5. The van der Waals surface area contributed by atoms with E-state index in [2.05, 4.69) is 0 Å². The Morgan fingerprint density at radius 2 is 1.95 bits per heavy atom. The van der Waals surface area contributed by atoms with Crippen molar-refractivity contribution < 1.29 is 8.81 Å². The van der Waals surface area contributed by atoms with Crippen molar-refractivity contribution in [2.75, 3.05) is 0 Å². The third-order valence-corrected chi connectivity index (χ3v) is 3.50. The molecule has 0 bridgehead atoms. The minimum Gasteiger partial charge on any atom is -0.456 e. The summed E-state index contributed by atoms with van der Waals surface area (Å²) >= 11 is 5.94. The highest BCUT2D eigenvalue weighted by Gasteiger charge is 2.13. The lowest BCUT2D eigenvalue weighted by Crippen LogP contribution is -2.05. The Balaban J connectivity index is 2.17. The van der Waals surface area contributed by atoms with Crippen LogP contribution in [0.15, 0.2) is 46.9 Å². The Morgan fingerprint density at radius 3 is 2.70 bits per heavy atom. The standard InChI is InChI=1S/C16H13ClFNO/c1-9(19)10-2-4-14(18)13(7-10)16-8-11-6-12(17)3-5-15(11)20-16/h2-9H,19H2,1H3. The number of hydrogen-bond donors (Lipinski definition) is 1. The Kier molecular flexibility index (Phi) is 3.24. The van der Waals surface area contributed by atoms with Gasteiger partial charge in [0, 0.05) is 16.5 Å². The second-order valence-electron chi connectivity index (χ2n) is 4.82. The molecule has 3 aromatic rings. The molecule has 0 saturated carbocycles. The molecular formula is C16H13ClFNO. The van der Waals surface area contributed by atoms with Gasteiger partial charge in [-0.2, -0.15) is 0 Å². The van der Waals surface area contributed by atoms with E-state index < -0.39 is 0 Å². The van der Waals surface area contributed by atoms with Gasteiger partial charge in [-0.15, -0.1) is 0 Å². The summed E-state index contributed by atoms with van der Waals surface area (Å²) in [6, 6.07) is 11.7. The first-order chi connectivity index (χ1) is 9.54. The van der Waals surface area contributed by atoms with E-state index in [1.165, 1.54) is 6.07 Å². The lowest BCUT2D eigenvalue weighted by Gasteiger charge is -2.07. The topological polar surface area (TPSA) is 39.2 Å². The average Bonchev–Trinajstić information content (AvgIpc) is 2.81. The number of hydrogen-bond acceptors (Lipinski definition) is 2. The number of benzene rings is 2. The highest BCUT2D eigenvalue weighted by molar-refractivity contribution is 6.31. The molecule has 1 unspecified atom stereocenters. The van der Waals surface area contributed by atoms with Crippen LogP contribution in [0.1, 0.15) is 18.5 Å². The Morgan fingerprint density at radius 1 is 1.15 bits per heavy atom. The number of halogens is 2. The Bertz CT molecular complexity index is 779. The quantitative estimate of drug-likeness (QED) is 0.728. The van der Waals surface area contributed by atoms with Crippen LogP contribution in [-0.2, 0) is 0 Å². The molecule has 0 amide bonds. The van der Waals surface area contributed by atoms with Crippen LogP contribution in [0.4, 0.5) is 4.39 Å². The number of rotatable bonds is 2. The van der Waals surface area contributed by atoms with Crippen LogP contribution in [0.3, 0.4) is 0 Å². The summed E-state index contributed by atoms with van der Waals surface area (Å²) in [7, 11) is 0. The highest BCUT2D eigenvalue weighted by Crippen LogP contribution is 2.32. The van der Waals surface area contributed by atoms with Gasteiger partial charge >= 0.3 is 0 Å². The first-order valence-electron chi connectivity index (χ1n) is 6.29. The van der Waals surface area contributed by atoms with Crippen molar-refractivity contribution in [3.8, 4) is 11.3 Å². The van der Waals surface area contributed by atoms with E-state index in [1.54, 1.807) is 36.4 Å². The summed E-state index contributed by atoms with van der Waals surface area (Å²) in [5.41, 5.74) is 7.78. The monoisotopic (exact) mass is 289 g/mol. The maximum Gasteiger partial charge on any atom is 0.138 e. The minimum absolute atomic E-state index is 0.159. The molecule has 1 atom stereocenters. The smallest absolute Gasteiger partial charge is 0.138 e. The van der Waals surface area contributed by atoms with E-state index in [-0.39, 0.29) is 11.9 Å². The normalized spacial score (nSPS) is 12.8. The van der Waals surface area contributed by atoms with Gasteiger partial charge in [-0.05, 0) is 48.9 Å². The van der Waals surface area contributed by atoms with Crippen LogP contribution in [0.5, 0.6) is 0 Å². The average molecular weight is 290 g/mol. The van der Waals surface area contributed by atoms with Gasteiger partial charge < -0.3 is 10.2 Å². The number of nitrogens with two attached hydrogens (primary N) is 1. The third-order valence-electron chi connectivity index (χ3n) is 3.26. The van der Waals surface area contributed by atoms with Crippen LogP contribution < -0.4 is 5.73 Å². The van der Waals surface area contributed by atoms with E-state index in [0.29, 0.717) is 21.9 Å². The summed E-state index contributed by atoms with van der Waals surface area (Å²) < 4.78 is 19.7. The SMILES string of the molecule is CC(N)c1ccc(F)c(-c2cc3cc(Cl)ccc3o2)c1. The first kappa shape index (κ1) is 13.2. The van der Waals surface area contributed by atoms with Gasteiger partial charge in [-0.1, -0.05) is 17.7 Å². The maximum absolute atomic E-state index is 14.0. The fourth-order valence-electron chi connectivity index (χ4n) is 2.16. The molecule has 1 aromatic heterocycles. The van der Waals surface area contributed by atoms with Gasteiger partial charge in [0.15, 0.2) is 0 Å². The van der Waals surface area contributed by atoms with Crippen molar-refractivity contribution >= 4 is 22.6 Å². The second-order valence-corrected chi connectivity index (χ2v) is 5.26. The molecule has 102 valence electrons. The molecule has 4 heteroatoms. The van der Waals surface area contributed by atoms with E-state index >= 15 is 0 Å². The van der Waals surface area contributed by atoms with Crippen molar-refractivity contribution in [2.24, 2.45) is 5.73 Å². The Labute approximate surface area is 121 Å². The summed E-state index contributed by atoms with van der Waals surface area (Å²) in [4.78, 5) is 0. The zero-order chi connectivity index (χ0) is 14.3. The predicted octanol–water partition coefficient (Wildman–Crippen LogP) is 4.91. The molecule has 2 nitrogen and oxygen atoms in total. The predicted molar refractivity (Wildman–Crippen MR) is 79.2 cm³/mol. The lowest BCUT2D eigenvalue weighted by atomic mass is 10.0. The van der Waals surface area contributed by atoms with Gasteiger partial charge in [0.1, 0.15) is 17.2 Å². The molecule has 0 spiro atoms. The van der Waals surface area contributed by atoms with Gasteiger partial charge in [0.05, 0.1) is 5.56 Å². The molecule has 2 N–H and O–H groups in total. The van der Waals surface area contributed by atoms with Crippen LogP contribution in [0, 0.1) is 5.82 Å². The van der Waals surface area contributed by atoms with Crippen LogP contribution in [0.2, 0.25) is 5.02 Å². The zero-order valence-corrected chi connectivity index (χ0v) is 11.6. The van der Waals surface area contributed by atoms with E-state index in [0.717, 1.165) is 10.9 Å². The molecule has 0 aliphatic heterocycles. The van der Waals surface area contributed by atoms with Gasteiger partial charge in [0.2, 0.25) is 0 Å². The summed E-state index contributed by atoms with van der Waals surface area (Å²) in [5.74, 6) is 0.141. The van der Waals surface area contributed by atoms with E-state index in [1.807, 2.05) is 6.92 Å². The molecule has 0 aliphatic rings. The van der Waals surface area contributed by atoms with Gasteiger partial charge in [-0.3, -0.25) is 0 Å². The third kappa shape index (κ3) is 2.30. The molecule has 0 radical (unpaired) electrons. The van der Waals surface area contributed by atoms with Crippen LogP contribution >= 0.6 is 11.6 Å².